The molecule has 0 spiro atoms. The van der Waals surface area contributed by atoms with E-state index in [1.54, 1.807) is 0 Å². The first-order valence-electron chi connectivity index (χ1n) is 35.0. The van der Waals surface area contributed by atoms with Crippen LogP contribution in [0.25, 0.3) is 55.6 Å². The Kier molecular flexibility index (Phi) is 17.5. The largest absolute Gasteiger partial charge is 0.310 e. The van der Waals surface area contributed by atoms with Gasteiger partial charge in [-0.1, -0.05) is 271 Å². The number of anilines is 6. The lowest BCUT2D eigenvalue weighted by Gasteiger charge is -2.35. The number of fused-ring (bicyclic) bond motifs is 9. The molecule has 0 heterocycles. The Morgan fingerprint density at radius 1 is 0.308 bits per heavy atom. The van der Waals surface area contributed by atoms with Gasteiger partial charge in [0.05, 0.1) is 0 Å². The number of unbranched alkanes of at least 4 members (excludes halogenated alkanes) is 10. The van der Waals surface area contributed by atoms with Gasteiger partial charge in [0, 0.05) is 50.4 Å². The quantitative estimate of drug-likeness (QED) is 0.0557. The van der Waals surface area contributed by atoms with Gasteiger partial charge in [0.25, 0.3) is 0 Å². The Labute approximate surface area is 546 Å². The maximum absolute atomic E-state index is 2.64. The van der Waals surface area contributed by atoms with Crippen molar-refractivity contribution >= 4 is 34.1 Å². The third-order valence-electron chi connectivity index (χ3n) is 21.7. The first-order chi connectivity index (χ1) is 44.2. The average Bonchev–Trinajstić information content (AvgIpc) is 1.60. The van der Waals surface area contributed by atoms with Crippen LogP contribution in [-0.4, -0.2) is 0 Å². The second kappa shape index (κ2) is 25.8. The van der Waals surface area contributed by atoms with Crippen molar-refractivity contribution in [3.8, 4) is 55.6 Å². The molecule has 2 heteroatoms. The molecule has 0 saturated carbocycles. The maximum atomic E-state index is 2.64. The van der Waals surface area contributed by atoms with Crippen molar-refractivity contribution in [1.82, 2.24) is 0 Å². The fourth-order valence-electron chi connectivity index (χ4n) is 16.1. The van der Waals surface area contributed by atoms with Gasteiger partial charge in [-0.25, -0.2) is 0 Å². The van der Waals surface area contributed by atoms with Gasteiger partial charge in [-0.05, 0) is 219 Å². The maximum Gasteiger partial charge on any atom is 0.0465 e. The van der Waals surface area contributed by atoms with Gasteiger partial charge in [-0.2, -0.15) is 0 Å². The molecule has 0 fully saturated rings. The van der Waals surface area contributed by atoms with Gasteiger partial charge in [0.1, 0.15) is 0 Å². The van der Waals surface area contributed by atoms with E-state index in [4.69, 9.17) is 0 Å². The van der Waals surface area contributed by atoms with Crippen molar-refractivity contribution in [2.75, 3.05) is 9.80 Å². The van der Waals surface area contributed by atoms with Gasteiger partial charge in [0.2, 0.25) is 0 Å². The molecule has 13 rings (SSSR count). The smallest absolute Gasteiger partial charge is 0.0465 e. The first-order valence-corrected chi connectivity index (χ1v) is 35.0. The van der Waals surface area contributed by atoms with Crippen molar-refractivity contribution in [2.24, 2.45) is 0 Å². The minimum atomic E-state index is -0.171. The molecule has 10 aromatic rings. The second-order valence-corrected chi connectivity index (χ2v) is 28.4. The summed E-state index contributed by atoms with van der Waals surface area (Å²) >= 11 is 0. The monoisotopic (exact) mass is 1190 g/mol. The van der Waals surface area contributed by atoms with E-state index in [0.717, 1.165) is 24.9 Å². The normalized spacial score (nSPS) is 14.5. The average molecular weight is 1190 g/mol. The summed E-state index contributed by atoms with van der Waals surface area (Å²) in [5.74, 6) is 0.546. The molecule has 0 aromatic heterocycles. The summed E-state index contributed by atoms with van der Waals surface area (Å²) in [5.41, 5.74) is 32.7. The molecule has 2 nitrogen and oxygen atoms in total. The molecular formula is C89H96N2. The first kappa shape index (κ1) is 61.6. The highest BCUT2D eigenvalue weighted by molar-refractivity contribution is 5.91. The number of hydrogen-bond donors (Lipinski definition) is 0. The van der Waals surface area contributed by atoms with Gasteiger partial charge in [-0.15, -0.1) is 0 Å². The topological polar surface area (TPSA) is 6.48 Å². The zero-order valence-electron chi connectivity index (χ0n) is 56.3. The van der Waals surface area contributed by atoms with Gasteiger partial charge < -0.3 is 9.80 Å². The minimum absolute atomic E-state index is 0.0557. The zero-order valence-corrected chi connectivity index (χ0v) is 56.3. The van der Waals surface area contributed by atoms with Crippen molar-refractivity contribution in [3.05, 3.63) is 262 Å². The van der Waals surface area contributed by atoms with Crippen molar-refractivity contribution < 1.29 is 0 Å². The fraction of sp³-hybridized carbons (Fsp3) is 0.326. The van der Waals surface area contributed by atoms with Crippen LogP contribution in [0.2, 0.25) is 0 Å². The van der Waals surface area contributed by atoms with E-state index >= 15 is 0 Å². The van der Waals surface area contributed by atoms with Crippen LogP contribution >= 0.6 is 0 Å². The number of rotatable bonds is 24. The summed E-state index contributed by atoms with van der Waals surface area (Å²) in [4.78, 5) is 5.05. The summed E-state index contributed by atoms with van der Waals surface area (Å²) in [6.45, 7) is 23.3. The molecule has 10 aromatic carbocycles. The standard InChI is InChI=1S/C89H96N2/c1-11-14-16-18-20-24-54-89(55-25-21-19-17-15-12-2)85-59-73(90(69-39-28-61(4)29-40-69)71-43-32-64(33-44-71)67-37-50-76-75-26-22-23-27-81(75)87(7,8)83(76)57-67)47-52-79(85)80-53-48-74(60-86(80)89)91(70-41-30-62(5)31-42-70)72-45-34-65(35-46-72)68-38-51-78-77-49-36-66(63(6)13-3)56-82(77)88(9,10)84(78)58-68/h22-23,26-53,56-60,63H,11-21,24-25,54-55H2,1-10H3. The van der Waals surface area contributed by atoms with Crippen molar-refractivity contribution in [3.63, 3.8) is 0 Å². The Balaban J connectivity index is 0.893. The summed E-state index contributed by atoms with van der Waals surface area (Å²) < 4.78 is 0. The van der Waals surface area contributed by atoms with Crippen LogP contribution in [0.3, 0.4) is 0 Å². The number of benzene rings is 10. The lowest BCUT2D eigenvalue weighted by molar-refractivity contribution is 0.398. The molecule has 0 amide bonds. The fourth-order valence-corrected chi connectivity index (χ4v) is 16.1. The molecule has 3 aliphatic rings. The summed E-state index contributed by atoms with van der Waals surface area (Å²) in [6.07, 6.45) is 18.7. The molecule has 0 radical (unpaired) electrons. The van der Waals surface area contributed by atoms with E-state index in [1.165, 1.54) is 211 Å². The second-order valence-electron chi connectivity index (χ2n) is 28.4. The molecule has 0 N–H and O–H groups in total. The van der Waals surface area contributed by atoms with E-state index in [9.17, 15) is 0 Å². The number of aryl methyl sites for hydroxylation is 2. The Morgan fingerprint density at radius 2 is 0.648 bits per heavy atom. The van der Waals surface area contributed by atoms with Gasteiger partial charge in [0.15, 0.2) is 0 Å². The van der Waals surface area contributed by atoms with E-state index in [-0.39, 0.29) is 16.2 Å². The predicted octanol–water partition coefficient (Wildman–Crippen LogP) is 26.5. The Hall–Kier alpha value is -8.20. The van der Waals surface area contributed by atoms with E-state index < -0.39 is 0 Å². The van der Waals surface area contributed by atoms with Crippen molar-refractivity contribution in [2.45, 2.75) is 188 Å². The van der Waals surface area contributed by atoms with Crippen LogP contribution in [-0.2, 0) is 16.2 Å². The molecule has 1 unspecified atom stereocenters. The third-order valence-corrected chi connectivity index (χ3v) is 21.7. The molecule has 91 heavy (non-hydrogen) atoms. The highest BCUT2D eigenvalue weighted by atomic mass is 15.1. The highest BCUT2D eigenvalue weighted by Gasteiger charge is 2.44. The molecule has 0 bridgehead atoms. The predicted molar refractivity (Wildman–Crippen MR) is 392 cm³/mol. The van der Waals surface area contributed by atoms with Crippen LogP contribution < -0.4 is 9.80 Å². The third kappa shape index (κ3) is 11.6. The molecule has 462 valence electrons. The molecule has 0 aliphatic heterocycles. The Bertz CT molecular complexity index is 4200. The molecular weight excluding hydrogens is 1100 g/mol. The van der Waals surface area contributed by atoms with E-state index in [0.29, 0.717) is 5.92 Å². The van der Waals surface area contributed by atoms with Crippen LogP contribution in [0.15, 0.2) is 212 Å². The molecule has 3 aliphatic carbocycles. The number of hydrogen-bond acceptors (Lipinski definition) is 2. The highest BCUT2D eigenvalue weighted by Crippen LogP contribution is 2.58. The van der Waals surface area contributed by atoms with Crippen LogP contribution in [0, 0.1) is 13.8 Å². The van der Waals surface area contributed by atoms with E-state index in [2.05, 4.69) is 291 Å². The lowest BCUT2D eigenvalue weighted by atomic mass is 9.70. The molecule has 0 saturated heterocycles. The van der Waals surface area contributed by atoms with Crippen LogP contribution in [0.1, 0.15) is 208 Å². The summed E-state index contributed by atoms with van der Waals surface area (Å²) in [7, 11) is 0. The van der Waals surface area contributed by atoms with Gasteiger partial charge >= 0.3 is 0 Å². The van der Waals surface area contributed by atoms with Crippen molar-refractivity contribution in [1.29, 1.82) is 0 Å². The minimum Gasteiger partial charge on any atom is -0.310 e. The van der Waals surface area contributed by atoms with E-state index in [1.807, 2.05) is 0 Å². The Morgan fingerprint density at radius 3 is 1.10 bits per heavy atom. The van der Waals surface area contributed by atoms with Crippen LogP contribution in [0.5, 0.6) is 0 Å². The molecule has 1 atom stereocenters. The van der Waals surface area contributed by atoms with Gasteiger partial charge in [-0.3, -0.25) is 0 Å². The lowest BCUT2D eigenvalue weighted by Crippen LogP contribution is -2.26. The zero-order chi connectivity index (χ0) is 63.0. The number of nitrogens with zero attached hydrogens (tertiary/aromatic N) is 2. The summed E-state index contributed by atoms with van der Waals surface area (Å²) in [5, 5.41) is 0. The summed E-state index contributed by atoms with van der Waals surface area (Å²) in [6, 6.07) is 82.9. The SMILES string of the molecule is CCCCCCCCC1(CCCCCCCC)c2cc(N(c3ccc(C)cc3)c3ccc(-c4ccc5c(c4)C(C)(C)c4ccccc4-5)cc3)ccc2-c2ccc(N(c3ccc(C)cc3)c3ccc(-c4ccc5c(c4)C(C)(C)c4cc(C(C)CC)ccc4-5)cc3)cc21. The van der Waals surface area contributed by atoms with Crippen LogP contribution in [0.4, 0.5) is 34.1 Å².